The molecule has 3 nitrogen and oxygen atoms in total. The fourth-order valence-corrected chi connectivity index (χ4v) is 2.97. The topological polar surface area (TPSA) is 46.2 Å². The predicted octanol–water partition coefficient (Wildman–Crippen LogP) is 2.76. The Labute approximate surface area is 118 Å². The zero-order chi connectivity index (χ0) is 14.7. The highest BCUT2D eigenvalue weighted by atomic mass is 79.9. The van der Waals surface area contributed by atoms with Crippen LogP contribution >= 0.6 is 15.9 Å². The zero-order valence-electron chi connectivity index (χ0n) is 10.0. The molecule has 8 heteroatoms. The van der Waals surface area contributed by atoms with Gasteiger partial charge >= 0.3 is 6.18 Å². The molecule has 1 aromatic carbocycles. The Morgan fingerprint density at radius 3 is 2.26 bits per heavy atom. The summed E-state index contributed by atoms with van der Waals surface area (Å²) in [4.78, 5) is 0.0945. The van der Waals surface area contributed by atoms with Crippen LogP contribution in [0.1, 0.15) is 6.92 Å². The molecule has 0 radical (unpaired) electrons. The monoisotopic (exact) mass is 359 g/mol. The number of halogens is 4. The normalized spacial score (nSPS) is 14.4. The molecule has 0 amide bonds. The second kappa shape index (κ2) is 6.23. The van der Waals surface area contributed by atoms with Crippen LogP contribution in [0.4, 0.5) is 13.2 Å². The smallest absolute Gasteiger partial charge is 0.307 e. The Morgan fingerprint density at radius 2 is 1.79 bits per heavy atom. The zero-order valence-corrected chi connectivity index (χ0v) is 12.4. The van der Waals surface area contributed by atoms with Crippen molar-refractivity contribution in [3.63, 3.8) is 0 Å². The maximum atomic E-state index is 12.1. The fourth-order valence-electron chi connectivity index (χ4n) is 1.38. The number of benzene rings is 1. The third-order valence-electron chi connectivity index (χ3n) is 2.43. The van der Waals surface area contributed by atoms with Gasteiger partial charge in [-0.05, 0) is 31.2 Å². The lowest BCUT2D eigenvalue weighted by Crippen LogP contribution is -2.36. The highest BCUT2D eigenvalue weighted by Gasteiger charge is 2.28. The SMILES string of the molecule is CC(CNCC(F)(F)F)S(=O)(=O)c1ccc(Br)cc1. The van der Waals surface area contributed by atoms with Crippen molar-refractivity contribution in [3.05, 3.63) is 28.7 Å². The summed E-state index contributed by atoms with van der Waals surface area (Å²) in [5, 5.41) is 1.16. The summed E-state index contributed by atoms with van der Waals surface area (Å²) in [6, 6.07) is 5.98. The number of nitrogens with one attached hydrogen (secondary N) is 1. The summed E-state index contributed by atoms with van der Waals surface area (Å²) in [5.74, 6) is 0. The molecule has 0 aliphatic rings. The Kier molecular flexibility index (Phi) is 5.40. The molecule has 0 saturated carbocycles. The van der Waals surface area contributed by atoms with E-state index in [0.29, 0.717) is 0 Å². The van der Waals surface area contributed by atoms with Crippen LogP contribution in [-0.2, 0) is 9.84 Å². The van der Waals surface area contributed by atoms with Crippen LogP contribution in [0, 0.1) is 0 Å². The van der Waals surface area contributed by atoms with Gasteiger partial charge in [-0.15, -0.1) is 0 Å². The molecule has 1 atom stereocenters. The third-order valence-corrected chi connectivity index (χ3v) is 5.11. The molecule has 1 rings (SSSR count). The quantitative estimate of drug-likeness (QED) is 0.879. The van der Waals surface area contributed by atoms with E-state index in [9.17, 15) is 21.6 Å². The molecule has 0 spiro atoms. The van der Waals surface area contributed by atoms with Crippen molar-refractivity contribution in [3.8, 4) is 0 Å². The van der Waals surface area contributed by atoms with Gasteiger partial charge in [0.05, 0.1) is 16.7 Å². The van der Waals surface area contributed by atoms with Crippen molar-refractivity contribution in [1.29, 1.82) is 0 Å². The molecular weight excluding hydrogens is 347 g/mol. The summed E-state index contributed by atoms with van der Waals surface area (Å²) >= 11 is 3.18. The van der Waals surface area contributed by atoms with Crippen molar-refractivity contribution in [1.82, 2.24) is 5.32 Å². The summed E-state index contributed by atoms with van der Waals surface area (Å²) < 4.78 is 60.7. The van der Waals surface area contributed by atoms with Crippen molar-refractivity contribution in [2.24, 2.45) is 0 Å². The van der Waals surface area contributed by atoms with Gasteiger partial charge in [-0.25, -0.2) is 8.42 Å². The summed E-state index contributed by atoms with van der Waals surface area (Å²) in [7, 11) is -3.62. The van der Waals surface area contributed by atoms with Crippen molar-refractivity contribution in [2.45, 2.75) is 23.2 Å². The third kappa shape index (κ3) is 5.12. The van der Waals surface area contributed by atoms with Crippen LogP contribution in [0.5, 0.6) is 0 Å². The van der Waals surface area contributed by atoms with Crippen LogP contribution < -0.4 is 5.32 Å². The molecule has 1 N–H and O–H groups in total. The summed E-state index contributed by atoms with van der Waals surface area (Å²) in [6.45, 7) is -0.0775. The van der Waals surface area contributed by atoms with E-state index in [1.165, 1.54) is 19.1 Å². The van der Waals surface area contributed by atoms with E-state index in [0.717, 1.165) is 4.47 Å². The van der Waals surface area contributed by atoms with E-state index in [2.05, 4.69) is 21.2 Å². The summed E-state index contributed by atoms with van der Waals surface area (Å²) in [5.41, 5.74) is 0. The molecule has 0 fully saturated rings. The first-order valence-electron chi connectivity index (χ1n) is 5.40. The molecule has 0 bridgehead atoms. The minimum Gasteiger partial charge on any atom is -0.307 e. The summed E-state index contributed by atoms with van der Waals surface area (Å²) in [6.07, 6.45) is -4.35. The molecular formula is C11H13BrF3NO2S. The Morgan fingerprint density at radius 1 is 1.26 bits per heavy atom. The average Bonchev–Trinajstić information content (AvgIpc) is 2.27. The number of alkyl halides is 3. The highest BCUT2D eigenvalue weighted by Crippen LogP contribution is 2.19. The van der Waals surface area contributed by atoms with Gasteiger partial charge in [0.15, 0.2) is 9.84 Å². The van der Waals surface area contributed by atoms with Crippen molar-refractivity contribution in [2.75, 3.05) is 13.1 Å². The van der Waals surface area contributed by atoms with Gasteiger partial charge < -0.3 is 5.32 Å². The molecule has 0 aromatic heterocycles. The van der Waals surface area contributed by atoms with Crippen molar-refractivity contribution >= 4 is 25.8 Å². The van der Waals surface area contributed by atoms with Gasteiger partial charge in [0.25, 0.3) is 0 Å². The number of hydrogen-bond acceptors (Lipinski definition) is 3. The van der Waals surface area contributed by atoms with Crippen molar-refractivity contribution < 1.29 is 21.6 Å². The maximum absolute atomic E-state index is 12.1. The Bertz CT molecular complexity index is 514. The maximum Gasteiger partial charge on any atom is 0.401 e. The molecule has 0 aliphatic heterocycles. The van der Waals surface area contributed by atoms with Crippen LogP contribution in [0.2, 0.25) is 0 Å². The Balaban J connectivity index is 2.69. The van der Waals surface area contributed by atoms with E-state index in [1.54, 1.807) is 12.1 Å². The van der Waals surface area contributed by atoms with E-state index in [1.807, 2.05) is 0 Å². The second-order valence-corrected chi connectivity index (χ2v) is 7.34. The van der Waals surface area contributed by atoms with Gasteiger partial charge in [-0.2, -0.15) is 13.2 Å². The molecule has 0 saturated heterocycles. The van der Waals surface area contributed by atoms with Gasteiger partial charge in [0, 0.05) is 11.0 Å². The first-order chi connectivity index (χ1) is 8.63. The lowest BCUT2D eigenvalue weighted by atomic mass is 10.4. The minimum atomic E-state index is -4.35. The lowest BCUT2D eigenvalue weighted by molar-refractivity contribution is -0.124. The van der Waals surface area contributed by atoms with Gasteiger partial charge in [0.2, 0.25) is 0 Å². The van der Waals surface area contributed by atoms with Crippen LogP contribution in [-0.4, -0.2) is 32.9 Å². The number of rotatable bonds is 5. The first kappa shape index (κ1) is 16.5. The predicted molar refractivity (Wildman–Crippen MR) is 69.7 cm³/mol. The minimum absolute atomic E-state index is 0.0945. The fraction of sp³-hybridized carbons (Fsp3) is 0.455. The molecule has 1 unspecified atom stereocenters. The largest absolute Gasteiger partial charge is 0.401 e. The standard InChI is InChI=1S/C11H13BrF3NO2S/c1-8(6-16-7-11(13,14)15)19(17,18)10-4-2-9(12)3-5-10/h2-5,8,16H,6-7H2,1H3. The first-order valence-corrected chi connectivity index (χ1v) is 7.74. The van der Waals surface area contributed by atoms with E-state index >= 15 is 0 Å². The Hall–Kier alpha value is -0.600. The van der Waals surface area contributed by atoms with Gasteiger partial charge in [-0.1, -0.05) is 15.9 Å². The van der Waals surface area contributed by atoms with Gasteiger partial charge in [-0.3, -0.25) is 0 Å². The highest BCUT2D eigenvalue weighted by molar-refractivity contribution is 9.10. The van der Waals surface area contributed by atoms with Crippen LogP contribution in [0.25, 0.3) is 0 Å². The van der Waals surface area contributed by atoms with Crippen LogP contribution in [0.15, 0.2) is 33.6 Å². The van der Waals surface area contributed by atoms with E-state index < -0.39 is 27.8 Å². The van der Waals surface area contributed by atoms with Crippen LogP contribution in [0.3, 0.4) is 0 Å². The molecule has 0 aliphatic carbocycles. The van der Waals surface area contributed by atoms with E-state index in [-0.39, 0.29) is 11.4 Å². The average molecular weight is 360 g/mol. The molecule has 0 heterocycles. The number of sulfone groups is 1. The van der Waals surface area contributed by atoms with Gasteiger partial charge in [0.1, 0.15) is 0 Å². The second-order valence-electron chi connectivity index (χ2n) is 4.06. The van der Waals surface area contributed by atoms with E-state index in [4.69, 9.17) is 0 Å². The molecule has 108 valence electrons. The number of hydrogen-bond donors (Lipinski definition) is 1. The lowest BCUT2D eigenvalue weighted by Gasteiger charge is -2.15. The molecule has 19 heavy (non-hydrogen) atoms. The molecule has 1 aromatic rings.